The first kappa shape index (κ1) is 36.5. The molecule has 0 saturated heterocycles. The fourth-order valence-corrected chi connectivity index (χ4v) is 9.80. The maximum Gasteiger partial charge on any atom is 0.318 e. The molecule has 0 spiro atoms. The number of aromatic hydroxyl groups is 2. The quantitative estimate of drug-likeness (QED) is 0.113. The minimum Gasteiger partial charge on any atom is -0.504 e. The number of para-hydroxylation sites is 1. The van der Waals surface area contributed by atoms with E-state index >= 15 is 0 Å². The summed E-state index contributed by atoms with van der Waals surface area (Å²) in [6.07, 6.45) is 7.71. The van der Waals surface area contributed by atoms with Gasteiger partial charge in [-0.05, 0) is 120 Å². The van der Waals surface area contributed by atoms with Gasteiger partial charge >= 0.3 is 5.97 Å². The van der Waals surface area contributed by atoms with E-state index in [0.717, 1.165) is 57.3 Å². The molecular formula is C46H47NO8. The van der Waals surface area contributed by atoms with E-state index in [4.69, 9.17) is 14.2 Å². The van der Waals surface area contributed by atoms with E-state index in [1.54, 1.807) is 24.3 Å². The lowest BCUT2D eigenvalue weighted by Gasteiger charge is -2.46. The Balaban J connectivity index is 1.29. The summed E-state index contributed by atoms with van der Waals surface area (Å²) in [5, 5.41) is 32.7. The fraction of sp³-hybridized carbons (Fsp3) is 0.391. The van der Waals surface area contributed by atoms with Gasteiger partial charge < -0.3 is 34.5 Å². The number of esters is 1. The third-order valence-electron chi connectivity index (χ3n) is 12.4. The van der Waals surface area contributed by atoms with Crippen LogP contribution in [0.4, 0.5) is 0 Å². The molecule has 8 rings (SSSR count). The van der Waals surface area contributed by atoms with Gasteiger partial charge in [0.2, 0.25) is 0 Å². The molecule has 6 unspecified atom stereocenters. The number of rotatable bonds is 7. The molecule has 9 heteroatoms. The zero-order valence-electron chi connectivity index (χ0n) is 31.3. The van der Waals surface area contributed by atoms with Crippen LogP contribution >= 0.6 is 0 Å². The number of aliphatic hydroxyl groups excluding tert-OH is 1. The third kappa shape index (κ3) is 7.00. The number of Topliss-reactive ketones (excluding diaryl/α,β-unsaturated/α-hetero) is 1. The molecule has 3 aromatic carbocycles. The van der Waals surface area contributed by atoms with E-state index < -0.39 is 12.1 Å². The Bertz CT molecular complexity index is 2270. The first-order chi connectivity index (χ1) is 26.8. The van der Waals surface area contributed by atoms with E-state index in [1.807, 2.05) is 18.2 Å². The maximum atomic E-state index is 14.5. The van der Waals surface area contributed by atoms with Crippen LogP contribution in [-0.4, -0.2) is 59.0 Å². The minimum absolute atomic E-state index is 0.0225. The van der Waals surface area contributed by atoms with Crippen molar-refractivity contribution in [3.05, 3.63) is 100 Å². The van der Waals surface area contributed by atoms with Gasteiger partial charge in [-0.3, -0.25) is 9.59 Å². The zero-order valence-corrected chi connectivity index (χ0v) is 31.3. The standard InChI is InChI=1S/C46H47NO8/c1-53-42-19-26(12-16-40(42)50)11-14-30-22-29(49)23-36-35-21-28(17-18-48)27-13-15-32(34(35)20-27)45(38-24-41(51)43(54-2)25-37(36)38)46-33(8-4-6-10-44(52)55-30)31-7-3-5-9-39(31)47-46/h3,5,7,9,12-13,15-16,19,24-25,27-28,30,34-36,47-48,50-51H,8,10-11,14,17-18,20-23H2,1-2H3. The number of aromatic amines is 1. The molecular weight excluding hydrogens is 695 g/mol. The lowest BCUT2D eigenvalue weighted by atomic mass is 9.58. The highest BCUT2D eigenvalue weighted by molar-refractivity contribution is 5.96. The van der Waals surface area contributed by atoms with Gasteiger partial charge in [0.1, 0.15) is 18.3 Å². The van der Waals surface area contributed by atoms with Crippen LogP contribution in [0.3, 0.4) is 0 Å². The van der Waals surface area contributed by atoms with Crippen molar-refractivity contribution in [1.82, 2.24) is 4.98 Å². The van der Waals surface area contributed by atoms with Crippen molar-refractivity contribution in [3.8, 4) is 34.8 Å². The van der Waals surface area contributed by atoms with Crippen LogP contribution in [0.25, 0.3) is 16.5 Å². The Kier molecular flexibility index (Phi) is 10.2. The Morgan fingerprint density at radius 2 is 1.69 bits per heavy atom. The molecule has 9 nitrogen and oxygen atoms in total. The van der Waals surface area contributed by atoms with Gasteiger partial charge in [-0.25, -0.2) is 0 Å². The number of carbonyl (C=O) groups excluding carboxylic acids is 2. The molecule has 4 N–H and O–H groups in total. The van der Waals surface area contributed by atoms with E-state index in [9.17, 15) is 24.9 Å². The highest BCUT2D eigenvalue weighted by atomic mass is 16.5. The number of phenols is 2. The molecule has 284 valence electrons. The number of nitrogens with one attached hydrogen (secondary N) is 1. The summed E-state index contributed by atoms with van der Waals surface area (Å²) in [5.74, 6) is 7.10. The summed E-state index contributed by atoms with van der Waals surface area (Å²) in [6.45, 7) is 0.0988. The predicted octanol–water partition coefficient (Wildman–Crippen LogP) is 7.55. The van der Waals surface area contributed by atoms with Gasteiger partial charge in [0, 0.05) is 42.3 Å². The molecule has 1 aliphatic heterocycles. The van der Waals surface area contributed by atoms with Crippen molar-refractivity contribution < 1.29 is 39.1 Å². The van der Waals surface area contributed by atoms with Crippen LogP contribution in [0, 0.1) is 35.5 Å². The summed E-state index contributed by atoms with van der Waals surface area (Å²) >= 11 is 0. The zero-order chi connectivity index (χ0) is 38.2. The van der Waals surface area contributed by atoms with Gasteiger partial charge in [-0.2, -0.15) is 0 Å². The van der Waals surface area contributed by atoms with Gasteiger partial charge in [0.15, 0.2) is 23.0 Å². The fourth-order valence-electron chi connectivity index (χ4n) is 9.80. The average molecular weight is 742 g/mol. The van der Waals surface area contributed by atoms with Crippen LogP contribution in [0.1, 0.15) is 78.8 Å². The van der Waals surface area contributed by atoms with E-state index in [-0.39, 0.29) is 66.8 Å². The molecule has 4 aromatic rings. The van der Waals surface area contributed by atoms with Crippen molar-refractivity contribution in [1.29, 1.82) is 0 Å². The molecule has 55 heavy (non-hydrogen) atoms. The van der Waals surface area contributed by atoms with Crippen molar-refractivity contribution in [2.75, 3.05) is 20.8 Å². The van der Waals surface area contributed by atoms with Gasteiger partial charge in [-0.15, -0.1) is 0 Å². The monoisotopic (exact) mass is 741 g/mol. The molecule has 2 heterocycles. The number of methoxy groups -OCH3 is 2. The number of phenolic OH excluding ortho intramolecular Hbond substituents is 2. The number of carbonyl (C=O) groups is 2. The smallest absolute Gasteiger partial charge is 0.318 e. The van der Waals surface area contributed by atoms with Crippen molar-refractivity contribution >= 4 is 28.2 Å². The van der Waals surface area contributed by atoms with E-state index in [1.165, 1.54) is 19.8 Å². The second-order valence-corrected chi connectivity index (χ2v) is 15.4. The summed E-state index contributed by atoms with van der Waals surface area (Å²) in [7, 11) is 3.03. The number of allylic oxidation sites excluding steroid dienone is 3. The number of benzene rings is 3. The predicted molar refractivity (Wildman–Crippen MR) is 209 cm³/mol. The number of aromatic nitrogens is 1. The number of aryl methyl sites for hydroxylation is 1. The first-order valence-corrected chi connectivity index (χ1v) is 19.3. The second-order valence-electron chi connectivity index (χ2n) is 15.4. The van der Waals surface area contributed by atoms with Crippen LogP contribution in [0.5, 0.6) is 23.0 Å². The number of hydrogen-bond donors (Lipinski definition) is 4. The normalized spacial score (nSPS) is 24.7. The Morgan fingerprint density at radius 1 is 0.891 bits per heavy atom. The minimum atomic E-state index is -0.686. The summed E-state index contributed by atoms with van der Waals surface area (Å²) in [4.78, 5) is 31.6. The molecule has 1 fully saturated rings. The maximum absolute atomic E-state index is 14.5. The molecule has 0 amide bonds. The Labute approximate surface area is 321 Å². The first-order valence-electron chi connectivity index (χ1n) is 19.3. The lowest BCUT2D eigenvalue weighted by Crippen LogP contribution is -2.38. The number of ketones is 1. The average Bonchev–Trinajstić information content (AvgIpc) is 3.49. The number of fused-ring (bicyclic) bond motifs is 6. The molecule has 4 aliphatic rings. The van der Waals surface area contributed by atoms with Gasteiger partial charge in [-0.1, -0.05) is 48.3 Å². The third-order valence-corrected chi connectivity index (χ3v) is 12.4. The van der Waals surface area contributed by atoms with Crippen LogP contribution in [0.2, 0.25) is 0 Å². The van der Waals surface area contributed by atoms with E-state index in [2.05, 4.69) is 41.1 Å². The Hall–Kier alpha value is -5.46. The molecule has 1 aromatic heterocycles. The number of aliphatic hydroxyl groups is 1. The van der Waals surface area contributed by atoms with Crippen LogP contribution in [0.15, 0.2) is 72.3 Å². The van der Waals surface area contributed by atoms with Crippen LogP contribution < -0.4 is 9.47 Å². The van der Waals surface area contributed by atoms with Crippen molar-refractivity contribution in [3.63, 3.8) is 0 Å². The number of ether oxygens (including phenoxy) is 3. The largest absolute Gasteiger partial charge is 0.504 e. The number of hydrogen-bond acceptors (Lipinski definition) is 8. The Morgan fingerprint density at radius 3 is 2.51 bits per heavy atom. The van der Waals surface area contributed by atoms with Crippen molar-refractivity contribution in [2.24, 2.45) is 23.7 Å². The van der Waals surface area contributed by atoms with Crippen LogP contribution in [-0.2, 0) is 27.2 Å². The molecule has 4 bridgehead atoms. The lowest BCUT2D eigenvalue weighted by molar-refractivity contribution is -0.149. The summed E-state index contributed by atoms with van der Waals surface area (Å²) in [6, 6.07) is 17.0. The number of cyclic esters (lactones) is 1. The number of H-pyrrole nitrogens is 1. The van der Waals surface area contributed by atoms with Gasteiger partial charge in [0.25, 0.3) is 0 Å². The topological polar surface area (TPSA) is 138 Å². The molecule has 6 atom stereocenters. The van der Waals surface area contributed by atoms with E-state index in [0.29, 0.717) is 43.1 Å². The molecule has 1 saturated carbocycles. The molecule has 3 aliphatic carbocycles. The van der Waals surface area contributed by atoms with Gasteiger partial charge in [0.05, 0.1) is 19.9 Å². The molecule has 0 radical (unpaired) electrons. The highest BCUT2D eigenvalue weighted by Gasteiger charge is 2.47. The summed E-state index contributed by atoms with van der Waals surface area (Å²) in [5.41, 5.74) is 7.74. The summed E-state index contributed by atoms with van der Waals surface area (Å²) < 4.78 is 17.1. The van der Waals surface area contributed by atoms with Crippen molar-refractivity contribution in [2.45, 2.75) is 69.8 Å². The highest BCUT2D eigenvalue weighted by Crippen LogP contribution is 2.58. The SMILES string of the molecule is COc1cc(CCC2CC(=O)CC3c4cc(OC)c(O)cc4C(=C4C=CC5CC4C3CC5CCO)c3[nH]c4ccccc4c3CC#CCC(=O)O2)ccc1O. The second kappa shape index (κ2) is 15.3.